The zero-order chi connectivity index (χ0) is 18.6. The summed E-state index contributed by atoms with van der Waals surface area (Å²) in [6, 6.07) is 4.65. The largest absolute Gasteiger partial charge is 0.496 e. The maximum Gasteiger partial charge on any atom is 0.410 e. The van der Waals surface area contributed by atoms with E-state index in [0.717, 1.165) is 0 Å². The lowest BCUT2D eigenvalue weighted by Gasteiger charge is -2.33. The fourth-order valence-corrected chi connectivity index (χ4v) is 2.60. The normalized spacial score (nSPS) is 15.6. The Morgan fingerprint density at radius 1 is 1.20 bits per heavy atom. The number of carboxylic acids is 1. The van der Waals surface area contributed by atoms with E-state index >= 15 is 0 Å². The van der Waals surface area contributed by atoms with Gasteiger partial charge in [0.05, 0.1) is 7.11 Å². The Morgan fingerprint density at radius 3 is 2.36 bits per heavy atom. The summed E-state index contributed by atoms with van der Waals surface area (Å²) in [6.07, 6.45) is 1.02. The van der Waals surface area contributed by atoms with Gasteiger partial charge in [-0.1, -0.05) is 0 Å². The van der Waals surface area contributed by atoms with Crippen LogP contribution in [0.1, 0.15) is 44.0 Å². The fourth-order valence-electron chi connectivity index (χ4n) is 2.60. The van der Waals surface area contributed by atoms with E-state index in [4.69, 9.17) is 19.3 Å². The first-order valence-electron chi connectivity index (χ1n) is 8.25. The molecule has 1 heterocycles. The lowest BCUT2D eigenvalue weighted by molar-refractivity contribution is 0.0126. The number of benzene rings is 1. The van der Waals surface area contributed by atoms with Crippen LogP contribution in [-0.2, 0) is 4.74 Å². The van der Waals surface area contributed by atoms with Crippen molar-refractivity contribution >= 4 is 12.1 Å². The minimum Gasteiger partial charge on any atom is -0.496 e. The number of amides is 1. The van der Waals surface area contributed by atoms with Gasteiger partial charge < -0.3 is 24.2 Å². The third kappa shape index (κ3) is 5.27. The number of carbonyl (C=O) groups excluding carboxylic acids is 1. The maximum atomic E-state index is 12.1. The Hall–Kier alpha value is -2.44. The van der Waals surface area contributed by atoms with Crippen LogP contribution in [0.25, 0.3) is 0 Å². The number of piperidine rings is 1. The Labute approximate surface area is 147 Å². The number of hydrogen-bond acceptors (Lipinski definition) is 5. The summed E-state index contributed by atoms with van der Waals surface area (Å²) in [7, 11) is 1.42. The van der Waals surface area contributed by atoms with Gasteiger partial charge in [-0.3, -0.25) is 0 Å². The minimum atomic E-state index is -1.05. The van der Waals surface area contributed by atoms with Crippen LogP contribution < -0.4 is 9.47 Å². The van der Waals surface area contributed by atoms with E-state index in [-0.39, 0.29) is 23.5 Å². The van der Waals surface area contributed by atoms with Crippen molar-refractivity contribution in [2.24, 2.45) is 0 Å². The average Bonchev–Trinajstić information content (AvgIpc) is 2.53. The molecule has 1 fully saturated rings. The fraction of sp³-hybridized carbons (Fsp3) is 0.556. The van der Waals surface area contributed by atoms with E-state index in [1.807, 2.05) is 20.8 Å². The predicted octanol–water partition coefficient (Wildman–Crippen LogP) is 3.17. The van der Waals surface area contributed by atoms with Crippen molar-refractivity contribution in [3.8, 4) is 11.5 Å². The van der Waals surface area contributed by atoms with E-state index in [9.17, 15) is 9.59 Å². The van der Waals surface area contributed by atoms with Gasteiger partial charge in [0.15, 0.2) is 0 Å². The summed E-state index contributed by atoms with van der Waals surface area (Å²) in [6.45, 7) is 6.65. The number of carboxylic acid groups (broad SMARTS) is 1. The van der Waals surface area contributed by atoms with Gasteiger partial charge in [0.25, 0.3) is 0 Å². The zero-order valence-electron chi connectivity index (χ0n) is 15.1. The van der Waals surface area contributed by atoms with E-state index in [2.05, 4.69) is 0 Å². The number of ether oxygens (including phenoxy) is 3. The minimum absolute atomic E-state index is 0.0425. The number of likely N-dealkylation sites (tertiary alicyclic amines) is 1. The molecule has 0 atom stereocenters. The topological polar surface area (TPSA) is 85.3 Å². The Kier molecular flexibility index (Phi) is 5.77. The highest BCUT2D eigenvalue weighted by Gasteiger charge is 2.27. The van der Waals surface area contributed by atoms with E-state index < -0.39 is 11.6 Å². The number of methoxy groups -OCH3 is 1. The molecular weight excluding hydrogens is 326 g/mol. The van der Waals surface area contributed by atoms with Crippen molar-refractivity contribution in [2.75, 3.05) is 20.2 Å². The maximum absolute atomic E-state index is 12.1. The smallest absolute Gasteiger partial charge is 0.410 e. The molecule has 1 aliphatic heterocycles. The van der Waals surface area contributed by atoms with Gasteiger partial charge >= 0.3 is 12.1 Å². The second-order valence-corrected chi connectivity index (χ2v) is 6.95. The van der Waals surface area contributed by atoms with Crippen LogP contribution in [0.4, 0.5) is 4.79 Å². The molecule has 1 N–H and O–H groups in total. The molecule has 0 spiro atoms. The number of hydrogen-bond donors (Lipinski definition) is 1. The van der Waals surface area contributed by atoms with Crippen molar-refractivity contribution in [1.29, 1.82) is 0 Å². The Balaban J connectivity index is 1.92. The summed E-state index contributed by atoms with van der Waals surface area (Å²) in [5.74, 6) is -0.233. The summed E-state index contributed by atoms with van der Waals surface area (Å²) >= 11 is 0. The van der Waals surface area contributed by atoms with Crippen molar-refractivity contribution in [2.45, 2.75) is 45.3 Å². The third-order valence-corrected chi connectivity index (χ3v) is 3.80. The van der Waals surface area contributed by atoms with Crippen molar-refractivity contribution < 1.29 is 28.9 Å². The van der Waals surface area contributed by atoms with Crippen molar-refractivity contribution in [1.82, 2.24) is 4.90 Å². The van der Waals surface area contributed by atoms with Crippen molar-refractivity contribution in [3.63, 3.8) is 0 Å². The Morgan fingerprint density at radius 2 is 1.84 bits per heavy atom. The molecule has 0 saturated carbocycles. The SMILES string of the molecule is COc1cc(OC2CCN(C(=O)OC(C)(C)C)CC2)ccc1C(=O)O. The molecular formula is C18H25NO6. The molecule has 138 valence electrons. The standard InChI is InChI=1S/C18H25NO6/c1-18(2,3)25-17(22)19-9-7-12(8-10-19)24-13-5-6-14(16(20)21)15(11-13)23-4/h5-6,11-12H,7-10H2,1-4H3,(H,20,21). The molecule has 7 heteroatoms. The summed E-state index contributed by atoms with van der Waals surface area (Å²) < 4.78 is 16.4. The van der Waals surface area contributed by atoms with Gasteiger partial charge in [0.2, 0.25) is 0 Å². The van der Waals surface area contributed by atoms with Crippen LogP contribution in [0.15, 0.2) is 18.2 Å². The average molecular weight is 351 g/mol. The number of nitrogens with zero attached hydrogens (tertiary/aromatic N) is 1. The molecule has 0 radical (unpaired) electrons. The molecule has 25 heavy (non-hydrogen) atoms. The summed E-state index contributed by atoms with van der Waals surface area (Å²) in [5, 5.41) is 9.10. The molecule has 0 bridgehead atoms. The molecule has 7 nitrogen and oxygen atoms in total. The van der Waals surface area contributed by atoms with Crippen LogP contribution >= 0.6 is 0 Å². The second-order valence-electron chi connectivity index (χ2n) is 6.95. The van der Waals surface area contributed by atoms with Gasteiger partial charge in [-0.2, -0.15) is 0 Å². The summed E-state index contributed by atoms with van der Waals surface area (Å²) in [4.78, 5) is 24.8. The predicted molar refractivity (Wildman–Crippen MR) is 91.4 cm³/mol. The summed E-state index contributed by atoms with van der Waals surface area (Å²) in [5.41, 5.74) is -0.415. The zero-order valence-corrected chi connectivity index (χ0v) is 15.1. The molecule has 0 unspecified atom stereocenters. The number of carbonyl (C=O) groups is 2. The number of aromatic carboxylic acids is 1. The molecule has 1 amide bonds. The van der Waals surface area contributed by atoms with Gasteiger partial charge in [0, 0.05) is 32.0 Å². The first-order chi connectivity index (χ1) is 11.7. The molecule has 1 saturated heterocycles. The van der Waals surface area contributed by atoms with Crippen molar-refractivity contribution in [3.05, 3.63) is 23.8 Å². The highest BCUT2D eigenvalue weighted by molar-refractivity contribution is 5.91. The highest BCUT2D eigenvalue weighted by atomic mass is 16.6. The van der Waals surface area contributed by atoms with Crippen LogP contribution in [0.3, 0.4) is 0 Å². The first-order valence-corrected chi connectivity index (χ1v) is 8.25. The quantitative estimate of drug-likeness (QED) is 0.897. The molecule has 1 aliphatic rings. The third-order valence-electron chi connectivity index (χ3n) is 3.80. The van der Waals surface area contributed by atoms with Crippen LogP contribution in [0, 0.1) is 0 Å². The van der Waals surface area contributed by atoms with Crippen LogP contribution in [-0.4, -0.2) is 54.0 Å². The van der Waals surface area contributed by atoms with Gasteiger partial charge in [-0.05, 0) is 32.9 Å². The monoisotopic (exact) mass is 351 g/mol. The van der Waals surface area contributed by atoms with E-state index in [1.54, 1.807) is 17.0 Å². The number of rotatable bonds is 4. The Bertz CT molecular complexity index is 629. The first kappa shape index (κ1) is 18.9. The van der Waals surface area contributed by atoms with E-state index in [0.29, 0.717) is 31.7 Å². The van der Waals surface area contributed by atoms with E-state index in [1.165, 1.54) is 13.2 Å². The van der Waals surface area contributed by atoms with Crippen LogP contribution in [0.2, 0.25) is 0 Å². The second kappa shape index (κ2) is 7.63. The molecule has 2 rings (SSSR count). The van der Waals surface area contributed by atoms with Crippen LogP contribution in [0.5, 0.6) is 11.5 Å². The molecule has 0 aliphatic carbocycles. The van der Waals surface area contributed by atoms with Gasteiger partial charge in [-0.15, -0.1) is 0 Å². The van der Waals surface area contributed by atoms with Gasteiger partial charge in [-0.25, -0.2) is 9.59 Å². The molecule has 1 aromatic carbocycles. The lowest BCUT2D eigenvalue weighted by Crippen LogP contribution is -2.44. The lowest BCUT2D eigenvalue weighted by atomic mass is 10.1. The molecule has 0 aromatic heterocycles. The highest BCUT2D eigenvalue weighted by Crippen LogP contribution is 2.27. The molecule has 1 aromatic rings. The van der Waals surface area contributed by atoms with Gasteiger partial charge in [0.1, 0.15) is 28.8 Å².